The summed E-state index contributed by atoms with van der Waals surface area (Å²) in [6.07, 6.45) is 0. The van der Waals surface area contributed by atoms with Crippen molar-refractivity contribution in [1.29, 1.82) is 0 Å². The topological polar surface area (TPSA) is 68.3 Å². The second-order valence-electron chi connectivity index (χ2n) is 7.08. The number of benzene rings is 3. The first-order valence-electron chi connectivity index (χ1n) is 8.98. The molecule has 0 heterocycles. The molecule has 0 saturated heterocycles. The summed E-state index contributed by atoms with van der Waals surface area (Å²) in [5, 5.41) is -1.99. The van der Waals surface area contributed by atoms with Crippen LogP contribution in [0.1, 0.15) is 17.0 Å². The number of hydrogen-bond donors (Lipinski definition) is 0. The Morgan fingerprint density at radius 1 is 0.571 bits per heavy atom. The molecule has 1 fully saturated rings. The molecule has 1 aliphatic rings. The van der Waals surface area contributed by atoms with Crippen LogP contribution in [0.4, 0.5) is 0 Å². The molecule has 3 aromatic carbocycles. The molecule has 1 saturated carbocycles. The van der Waals surface area contributed by atoms with Crippen LogP contribution in [0.3, 0.4) is 0 Å². The van der Waals surface area contributed by atoms with Gasteiger partial charge in [0, 0.05) is 5.92 Å². The van der Waals surface area contributed by atoms with Gasteiger partial charge in [-0.1, -0.05) is 66.2 Å². The van der Waals surface area contributed by atoms with E-state index >= 15 is 0 Å². The fraction of sp³-hybridized carbons (Fsp3) is 0.182. The second kappa shape index (κ2) is 6.87. The average molecular weight is 413 g/mol. The van der Waals surface area contributed by atoms with Crippen LogP contribution in [-0.2, 0) is 19.7 Å². The summed E-state index contributed by atoms with van der Waals surface area (Å²) < 4.78 is 53.1. The summed E-state index contributed by atoms with van der Waals surface area (Å²) in [5.41, 5.74) is 1.68. The zero-order valence-corrected chi connectivity index (χ0v) is 16.9. The molecule has 6 heteroatoms. The van der Waals surface area contributed by atoms with Crippen LogP contribution in [0, 0.1) is 6.92 Å². The Labute approximate surface area is 165 Å². The van der Waals surface area contributed by atoms with Gasteiger partial charge in [-0.2, -0.15) is 0 Å². The van der Waals surface area contributed by atoms with Gasteiger partial charge in [0.1, 0.15) is 0 Å². The van der Waals surface area contributed by atoms with Crippen molar-refractivity contribution in [2.75, 3.05) is 0 Å². The molecular weight excluding hydrogens is 392 g/mol. The molecule has 28 heavy (non-hydrogen) atoms. The number of rotatable bonds is 5. The fourth-order valence-electron chi connectivity index (χ4n) is 3.70. The normalized spacial score (nSPS) is 22.0. The predicted molar refractivity (Wildman–Crippen MR) is 109 cm³/mol. The molecule has 0 radical (unpaired) electrons. The van der Waals surface area contributed by atoms with Gasteiger partial charge >= 0.3 is 0 Å². The van der Waals surface area contributed by atoms with Gasteiger partial charge in [0.15, 0.2) is 19.7 Å². The summed E-state index contributed by atoms with van der Waals surface area (Å²) >= 11 is 0. The lowest BCUT2D eigenvalue weighted by Gasteiger charge is -2.06. The average Bonchev–Trinajstić information content (AvgIpc) is 3.47. The highest BCUT2D eigenvalue weighted by Gasteiger charge is 2.65. The minimum Gasteiger partial charge on any atom is -0.223 e. The predicted octanol–water partition coefficient (Wildman–Crippen LogP) is 3.78. The van der Waals surface area contributed by atoms with Crippen molar-refractivity contribution in [2.45, 2.75) is 33.1 Å². The Hall–Kier alpha value is -2.44. The number of hydrogen-bond acceptors (Lipinski definition) is 4. The van der Waals surface area contributed by atoms with Gasteiger partial charge < -0.3 is 0 Å². The van der Waals surface area contributed by atoms with Gasteiger partial charge in [-0.25, -0.2) is 16.8 Å². The maximum atomic E-state index is 13.3. The van der Waals surface area contributed by atoms with Gasteiger partial charge in [0.25, 0.3) is 0 Å². The lowest BCUT2D eigenvalue weighted by atomic mass is 10.1. The van der Waals surface area contributed by atoms with Crippen LogP contribution in [-0.4, -0.2) is 27.3 Å². The largest absolute Gasteiger partial charge is 0.223 e. The molecule has 4 rings (SSSR count). The standard InChI is InChI=1S/C22H20O4S2/c1-16-12-14-19(15-13-16)28(25,26)22-20(17-8-4-2-5-9-17)21(22)27(23,24)18-10-6-3-7-11-18/h2-15,20-22H,1H3. The zero-order valence-electron chi connectivity index (χ0n) is 15.3. The van der Waals surface area contributed by atoms with Crippen LogP contribution in [0.5, 0.6) is 0 Å². The van der Waals surface area contributed by atoms with Gasteiger partial charge in [-0.05, 0) is 36.8 Å². The van der Waals surface area contributed by atoms with Gasteiger partial charge in [-0.15, -0.1) is 0 Å². The van der Waals surface area contributed by atoms with E-state index in [9.17, 15) is 16.8 Å². The van der Waals surface area contributed by atoms with E-state index in [-0.39, 0.29) is 9.79 Å². The van der Waals surface area contributed by atoms with E-state index in [1.165, 1.54) is 12.1 Å². The molecule has 1 aliphatic carbocycles. The van der Waals surface area contributed by atoms with E-state index in [2.05, 4.69) is 0 Å². The van der Waals surface area contributed by atoms with E-state index in [0.29, 0.717) is 0 Å². The maximum Gasteiger partial charge on any atom is 0.183 e. The summed E-state index contributed by atoms with van der Waals surface area (Å²) in [4.78, 5) is 0.317. The van der Waals surface area contributed by atoms with E-state index in [0.717, 1.165) is 11.1 Å². The third-order valence-electron chi connectivity index (χ3n) is 5.21. The highest BCUT2D eigenvalue weighted by Crippen LogP contribution is 2.54. The van der Waals surface area contributed by atoms with Crippen LogP contribution in [0.15, 0.2) is 94.7 Å². The van der Waals surface area contributed by atoms with Crippen LogP contribution >= 0.6 is 0 Å². The Morgan fingerprint density at radius 2 is 1.00 bits per heavy atom. The molecule has 0 bridgehead atoms. The monoisotopic (exact) mass is 412 g/mol. The lowest BCUT2D eigenvalue weighted by Crippen LogP contribution is -2.17. The van der Waals surface area contributed by atoms with Crippen LogP contribution in [0.2, 0.25) is 0 Å². The van der Waals surface area contributed by atoms with Gasteiger partial charge in [0.05, 0.1) is 20.3 Å². The van der Waals surface area contributed by atoms with Crippen molar-refractivity contribution >= 4 is 19.7 Å². The van der Waals surface area contributed by atoms with Crippen molar-refractivity contribution in [1.82, 2.24) is 0 Å². The molecular formula is C22H20O4S2. The maximum absolute atomic E-state index is 13.3. The molecule has 3 atom stereocenters. The van der Waals surface area contributed by atoms with Gasteiger partial charge in [-0.3, -0.25) is 0 Å². The summed E-state index contributed by atoms with van der Waals surface area (Å²) in [7, 11) is -7.59. The highest BCUT2D eigenvalue weighted by molar-refractivity contribution is 7.97. The van der Waals surface area contributed by atoms with Crippen LogP contribution in [0.25, 0.3) is 0 Å². The van der Waals surface area contributed by atoms with E-state index in [4.69, 9.17) is 0 Å². The van der Waals surface area contributed by atoms with Crippen molar-refractivity contribution < 1.29 is 16.8 Å². The Bertz CT molecular complexity index is 1180. The SMILES string of the molecule is Cc1ccc(S(=O)(=O)C2C(c3ccccc3)C2S(=O)(=O)c2ccccc2)cc1. The number of aryl methyl sites for hydroxylation is 1. The Morgan fingerprint density at radius 3 is 1.50 bits per heavy atom. The lowest BCUT2D eigenvalue weighted by molar-refractivity contribution is 0.587. The molecule has 144 valence electrons. The third-order valence-corrected chi connectivity index (χ3v) is 9.85. The van der Waals surface area contributed by atoms with Crippen LogP contribution < -0.4 is 0 Å². The molecule has 4 nitrogen and oxygen atoms in total. The van der Waals surface area contributed by atoms with E-state index in [1.54, 1.807) is 66.7 Å². The molecule has 0 amide bonds. The first-order chi connectivity index (χ1) is 13.3. The van der Waals surface area contributed by atoms with Gasteiger partial charge in [0.2, 0.25) is 0 Å². The smallest absolute Gasteiger partial charge is 0.183 e. The first-order valence-corrected chi connectivity index (χ1v) is 12.1. The van der Waals surface area contributed by atoms with Crippen molar-refractivity contribution in [2.24, 2.45) is 0 Å². The Balaban J connectivity index is 1.81. The first kappa shape index (κ1) is 18.9. The van der Waals surface area contributed by atoms with Crippen molar-refractivity contribution in [3.05, 3.63) is 96.1 Å². The summed E-state index contributed by atoms with van der Waals surface area (Å²) in [6, 6.07) is 23.7. The zero-order chi connectivity index (χ0) is 19.9. The molecule has 3 aromatic rings. The molecule has 3 unspecified atom stereocenters. The summed E-state index contributed by atoms with van der Waals surface area (Å²) in [5.74, 6) is -0.585. The molecule has 0 spiro atoms. The molecule has 0 aliphatic heterocycles. The number of sulfone groups is 2. The summed E-state index contributed by atoms with van der Waals surface area (Å²) in [6.45, 7) is 1.88. The second-order valence-corrected chi connectivity index (χ2v) is 11.3. The van der Waals surface area contributed by atoms with E-state index < -0.39 is 36.1 Å². The fourth-order valence-corrected chi connectivity index (χ4v) is 8.65. The Kier molecular flexibility index (Phi) is 4.63. The highest BCUT2D eigenvalue weighted by atomic mass is 32.2. The minimum absolute atomic E-state index is 0.155. The third kappa shape index (κ3) is 3.16. The minimum atomic E-state index is -3.80. The molecule has 0 N–H and O–H groups in total. The van der Waals surface area contributed by atoms with E-state index in [1.807, 2.05) is 13.0 Å². The van der Waals surface area contributed by atoms with Crippen molar-refractivity contribution in [3.8, 4) is 0 Å². The van der Waals surface area contributed by atoms with Crippen molar-refractivity contribution in [3.63, 3.8) is 0 Å². The molecule has 0 aromatic heterocycles. The quantitative estimate of drug-likeness (QED) is 0.640.